The predicted molar refractivity (Wildman–Crippen MR) is 87.2 cm³/mol. The lowest BCUT2D eigenvalue weighted by atomic mass is 10.00. The fraction of sp³-hybridized carbons (Fsp3) is 0.250. The van der Waals surface area contributed by atoms with Crippen molar-refractivity contribution in [3.8, 4) is 5.75 Å². The van der Waals surface area contributed by atoms with E-state index < -0.39 is 0 Å². The topological polar surface area (TPSA) is 9.23 Å². The molecule has 0 aromatic heterocycles. The maximum atomic E-state index is 5.41. The average Bonchev–Trinajstić information content (AvgIpc) is 2.42. The van der Waals surface area contributed by atoms with Crippen molar-refractivity contribution in [2.24, 2.45) is 0 Å². The molecule has 2 aromatic carbocycles. The number of aryl methyl sites for hydroxylation is 1. The fourth-order valence-electron chi connectivity index (χ4n) is 2.12. The molecule has 0 N–H and O–H groups in total. The summed E-state index contributed by atoms with van der Waals surface area (Å²) in [6.07, 6.45) is 0.904. The number of hydrogen-bond acceptors (Lipinski definition) is 1. The van der Waals surface area contributed by atoms with Crippen LogP contribution < -0.4 is 4.74 Å². The highest BCUT2D eigenvalue weighted by atomic mass is 79.9. The highest BCUT2D eigenvalue weighted by molar-refractivity contribution is 9.10. The van der Waals surface area contributed by atoms with Crippen LogP contribution in [0.5, 0.6) is 5.75 Å². The summed E-state index contributed by atoms with van der Waals surface area (Å²) in [5.41, 5.74) is 3.81. The second kappa shape index (κ2) is 6.58. The van der Waals surface area contributed by atoms with Gasteiger partial charge in [-0.1, -0.05) is 56.1 Å². The first kappa shape index (κ1) is 14.6. The van der Waals surface area contributed by atoms with Crippen molar-refractivity contribution in [3.63, 3.8) is 0 Å². The van der Waals surface area contributed by atoms with Crippen LogP contribution in [0.2, 0.25) is 0 Å². The van der Waals surface area contributed by atoms with E-state index in [2.05, 4.69) is 63.0 Å². The molecule has 0 aliphatic heterocycles. The molecule has 0 spiro atoms. The van der Waals surface area contributed by atoms with Crippen molar-refractivity contribution in [2.75, 3.05) is 7.11 Å². The van der Waals surface area contributed by atoms with Gasteiger partial charge in [0.1, 0.15) is 5.75 Å². The van der Waals surface area contributed by atoms with E-state index in [1.54, 1.807) is 7.11 Å². The first-order valence-electron chi connectivity index (χ1n) is 6.14. The molecular formula is C16H16Br2O. The van der Waals surface area contributed by atoms with E-state index in [0.29, 0.717) is 0 Å². The molecular weight excluding hydrogens is 368 g/mol. The van der Waals surface area contributed by atoms with Crippen LogP contribution in [0.1, 0.15) is 21.5 Å². The Hall–Kier alpha value is -0.800. The van der Waals surface area contributed by atoms with E-state index in [9.17, 15) is 0 Å². The highest BCUT2D eigenvalue weighted by Gasteiger charge is 2.14. The summed E-state index contributed by atoms with van der Waals surface area (Å²) in [5.74, 6) is 0.944. The number of ether oxygens (including phenoxy) is 1. The number of para-hydroxylation sites is 1. The van der Waals surface area contributed by atoms with Gasteiger partial charge in [0.15, 0.2) is 0 Å². The quantitative estimate of drug-likeness (QED) is 0.638. The molecule has 100 valence electrons. The number of benzene rings is 2. The van der Waals surface area contributed by atoms with E-state index in [4.69, 9.17) is 4.74 Å². The average molecular weight is 384 g/mol. The van der Waals surface area contributed by atoms with Gasteiger partial charge in [0, 0.05) is 9.30 Å². The second-order valence-corrected chi connectivity index (χ2v) is 6.51. The van der Waals surface area contributed by atoms with E-state index in [-0.39, 0.29) is 4.83 Å². The van der Waals surface area contributed by atoms with Crippen molar-refractivity contribution in [1.82, 2.24) is 0 Å². The van der Waals surface area contributed by atoms with E-state index >= 15 is 0 Å². The maximum Gasteiger partial charge on any atom is 0.122 e. The van der Waals surface area contributed by atoms with Crippen molar-refractivity contribution < 1.29 is 4.74 Å². The Balaban J connectivity index is 2.25. The van der Waals surface area contributed by atoms with Crippen molar-refractivity contribution in [1.29, 1.82) is 0 Å². The van der Waals surface area contributed by atoms with Crippen molar-refractivity contribution in [3.05, 3.63) is 63.6 Å². The van der Waals surface area contributed by atoms with Gasteiger partial charge in [-0.05, 0) is 48.2 Å². The van der Waals surface area contributed by atoms with E-state index in [1.807, 2.05) is 18.2 Å². The lowest BCUT2D eigenvalue weighted by Gasteiger charge is -2.15. The molecule has 1 nitrogen and oxygen atoms in total. The van der Waals surface area contributed by atoms with Gasteiger partial charge in [0.2, 0.25) is 0 Å². The van der Waals surface area contributed by atoms with Crippen molar-refractivity contribution in [2.45, 2.75) is 18.2 Å². The molecule has 0 bridgehead atoms. The van der Waals surface area contributed by atoms with Crippen LogP contribution >= 0.6 is 31.9 Å². The number of halogens is 2. The molecule has 0 fully saturated rings. The third-order valence-electron chi connectivity index (χ3n) is 3.17. The Morgan fingerprint density at radius 1 is 1.16 bits per heavy atom. The molecule has 1 atom stereocenters. The van der Waals surface area contributed by atoms with Crippen LogP contribution in [0.4, 0.5) is 0 Å². The summed E-state index contributed by atoms with van der Waals surface area (Å²) in [6.45, 7) is 2.14. The Morgan fingerprint density at radius 3 is 2.63 bits per heavy atom. The number of alkyl halides is 1. The van der Waals surface area contributed by atoms with Gasteiger partial charge < -0.3 is 4.74 Å². The molecule has 0 heterocycles. The Kier molecular flexibility index (Phi) is 5.06. The van der Waals surface area contributed by atoms with E-state index in [1.165, 1.54) is 16.7 Å². The van der Waals surface area contributed by atoms with Crippen LogP contribution in [-0.2, 0) is 6.42 Å². The zero-order chi connectivity index (χ0) is 13.8. The lowest BCUT2D eigenvalue weighted by Crippen LogP contribution is -2.00. The number of rotatable bonds is 4. The standard InChI is InChI=1S/C16H16Br2O/c1-11-7-8-13(17)10-14(11)15(18)9-12-5-3-4-6-16(12)19-2/h3-8,10,15H,9H2,1-2H3. The molecule has 0 radical (unpaired) electrons. The fourth-order valence-corrected chi connectivity index (χ4v) is 3.34. The zero-order valence-corrected chi connectivity index (χ0v) is 14.2. The molecule has 0 saturated heterocycles. The summed E-state index contributed by atoms with van der Waals surface area (Å²) in [7, 11) is 1.71. The van der Waals surface area contributed by atoms with Gasteiger partial charge in [-0.3, -0.25) is 0 Å². The smallest absolute Gasteiger partial charge is 0.122 e. The molecule has 2 aromatic rings. The van der Waals surface area contributed by atoms with Crippen LogP contribution in [0.25, 0.3) is 0 Å². The molecule has 0 aliphatic carbocycles. The largest absolute Gasteiger partial charge is 0.496 e. The summed E-state index contributed by atoms with van der Waals surface area (Å²) < 4.78 is 6.51. The molecule has 2 rings (SSSR count). The van der Waals surface area contributed by atoms with Crippen LogP contribution in [-0.4, -0.2) is 7.11 Å². The third-order valence-corrected chi connectivity index (χ3v) is 4.48. The second-order valence-electron chi connectivity index (χ2n) is 4.48. The number of hydrogen-bond donors (Lipinski definition) is 0. The summed E-state index contributed by atoms with van der Waals surface area (Å²) in [5, 5.41) is 0. The van der Waals surface area contributed by atoms with Crippen molar-refractivity contribution >= 4 is 31.9 Å². The summed E-state index contributed by atoms with van der Waals surface area (Å²) in [4.78, 5) is 0.279. The van der Waals surface area contributed by atoms with Gasteiger partial charge in [0.05, 0.1) is 7.11 Å². The minimum Gasteiger partial charge on any atom is -0.496 e. The van der Waals surface area contributed by atoms with Gasteiger partial charge in [-0.15, -0.1) is 0 Å². The van der Waals surface area contributed by atoms with Gasteiger partial charge in [0.25, 0.3) is 0 Å². The molecule has 0 aliphatic rings. The molecule has 0 saturated carbocycles. The van der Waals surface area contributed by atoms with Gasteiger partial charge >= 0.3 is 0 Å². The molecule has 1 unspecified atom stereocenters. The lowest BCUT2D eigenvalue weighted by molar-refractivity contribution is 0.409. The third kappa shape index (κ3) is 3.61. The SMILES string of the molecule is COc1ccccc1CC(Br)c1cc(Br)ccc1C. The minimum atomic E-state index is 0.279. The van der Waals surface area contributed by atoms with Gasteiger partial charge in [-0.2, -0.15) is 0 Å². The molecule has 0 amide bonds. The van der Waals surface area contributed by atoms with Gasteiger partial charge in [-0.25, -0.2) is 0 Å². The number of methoxy groups -OCH3 is 1. The first-order chi connectivity index (χ1) is 9.11. The first-order valence-corrected chi connectivity index (χ1v) is 7.84. The normalized spacial score (nSPS) is 12.2. The highest BCUT2D eigenvalue weighted by Crippen LogP contribution is 2.33. The Bertz CT molecular complexity index is 566. The van der Waals surface area contributed by atoms with Crippen LogP contribution in [0, 0.1) is 6.92 Å². The van der Waals surface area contributed by atoms with Crippen LogP contribution in [0.3, 0.4) is 0 Å². The summed E-state index contributed by atoms with van der Waals surface area (Å²) >= 11 is 7.33. The zero-order valence-electron chi connectivity index (χ0n) is 11.0. The monoisotopic (exact) mass is 382 g/mol. The predicted octanol–water partition coefficient (Wildman–Crippen LogP) is 5.44. The van der Waals surface area contributed by atoms with E-state index in [0.717, 1.165) is 16.6 Å². The Morgan fingerprint density at radius 2 is 1.89 bits per heavy atom. The van der Waals surface area contributed by atoms with Crippen LogP contribution in [0.15, 0.2) is 46.9 Å². The minimum absolute atomic E-state index is 0.279. The Labute approximate surface area is 131 Å². The molecule has 19 heavy (non-hydrogen) atoms. The molecule has 3 heteroatoms. The maximum absolute atomic E-state index is 5.41. The summed E-state index contributed by atoms with van der Waals surface area (Å²) in [6, 6.07) is 14.5.